The number of aryl methyl sites for hydroxylation is 1. The van der Waals surface area contributed by atoms with Crippen LogP contribution in [0.4, 0.5) is 0 Å². The number of unbranched alkanes of at least 4 members (excludes halogenated alkanes) is 5. The number of carbonyl (C=O) groups is 1. The van der Waals surface area contributed by atoms with Crippen LogP contribution in [0.2, 0.25) is 0 Å². The van der Waals surface area contributed by atoms with E-state index >= 15 is 0 Å². The first kappa shape index (κ1) is 18.1. The molecule has 0 fully saturated rings. The molecule has 0 atom stereocenters. The van der Waals surface area contributed by atoms with Gasteiger partial charge < -0.3 is 9.84 Å². The zero-order chi connectivity index (χ0) is 17.2. The summed E-state index contributed by atoms with van der Waals surface area (Å²) in [6.07, 6.45) is 8.82. The summed E-state index contributed by atoms with van der Waals surface area (Å²) in [5.74, 6) is 0.254. The van der Waals surface area contributed by atoms with E-state index in [9.17, 15) is 9.90 Å². The van der Waals surface area contributed by atoms with Crippen LogP contribution >= 0.6 is 0 Å². The van der Waals surface area contributed by atoms with Gasteiger partial charge in [-0.05, 0) is 54.8 Å². The van der Waals surface area contributed by atoms with Gasteiger partial charge in [-0.15, -0.1) is 0 Å². The minimum absolute atomic E-state index is 0.130. The Balaban J connectivity index is 1.77. The second kappa shape index (κ2) is 9.76. The Hall–Kier alpha value is -2.29. The summed E-state index contributed by atoms with van der Waals surface area (Å²) in [5.41, 5.74) is 1.69. The highest BCUT2D eigenvalue weighted by atomic mass is 16.5. The fourth-order valence-electron chi connectivity index (χ4n) is 2.60. The predicted molar refractivity (Wildman–Crippen MR) is 96.6 cm³/mol. The number of rotatable bonds is 9. The lowest BCUT2D eigenvalue weighted by Gasteiger charge is -2.06. The second-order valence-corrected chi connectivity index (χ2v) is 6.10. The minimum atomic E-state index is -0.418. The lowest BCUT2D eigenvalue weighted by molar-refractivity contribution is 0.0734. The third kappa shape index (κ3) is 6.07. The van der Waals surface area contributed by atoms with E-state index in [1.54, 1.807) is 12.1 Å². The fraction of sp³-hybridized carbons (Fsp3) is 0.381. The lowest BCUT2D eigenvalue weighted by Crippen LogP contribution is -2.08. The zero-order valence-corrected chi connectivity index (χ0v) is 14.3. The first-order valence-electron chi connectivity index (χ1n) is 8.79. The quantitative estimate of drug-likeness (QED) is 0.375. The molecule has 2 aromatic carbocycles. The minimum Gasteiger partial charge on any atom is -0.508 e. The Labute approximate surface area is 144 Å². The van der Waals surface area contributed by atoms with Gasteiger partial charge in [0.05, 0.1) is 5.56 Å². The highest BCUT2D eigenvalue weighted by Gasteiger charge is 2.08. The van der Waals surface area contributed by atoms with Crippen LogP contribution in [-0.2, 0) is 6.42 Å². The van der Waals surface area contributed by atoms with Crippen molar-refractivity contribution in [3.8, 4) is 11.5 Å². The van der Waals surface area contributed by atoms with E-state index in [0.29, 0.717) is 11.3 Å². The molecular formula is C21H26O3. The molecule has 0 aliphatic rings. The fourth-order valence-corrected chi connectivity index (χ4v) is 2.60. The van der Waals surface area contributed by atoms with Crippen LogP contribution in [-0.4, -0.2) is 11.1 Å². The smallest absolute Gasteiger partial charge is 0.343 e. The summed E-state index contributed by atoms with van der Waals surface area (Å²) in [4.78, 5) is 12.0. The summed E-state index contributed by atoms with van der Waals surface area (Å²) in [6, 6.07) is 13.8. The van der Waals surface area contributed by atoms with Crippen molar-refractivity contribution < 1.29 is 14.6 Å². The van der Waals surface area contributed by atoms with Crippen molar-refractivity contribution >= 4 is 5.97 Å². The molecule has 0 bridgehead atoms. The first-order valence-corrected chi connectivity index (χ1v) is 8.79. The standard InChI is InChI=1S/C21H26O3/c1-2-3-4-5-6-7-8-17-9-15-20(16-10-17)24-21(23)18-11-13-19(22)14-12-18/h9-16,22H,2-8H2,1H3. The Bertz CT molecular complexity index is 615. The highest BCUT2D eigenvalue weighted by molar-refractivity contribution is 5.91. The van der Waals surface area contributed by atoms with Gasteiger partial charge in [0.25, 0.3) is 0 Å². The number of phenolic OH excluding ortho intramolecular Hbond substituents is 1. The Morgan fingerprint density at radius 2 is 1.50 bits per heavy atom. The zero-order valence-electron chi connectivity index (χ0n) is 14.3. The topological polar surface area (TPSA) is 46.5 Å². The third-order valence-electron chi connectivity index (χ3n) is 4.06. The summed E-state index contributed by atoms with van der Waals surface area (Å²) in [7, 11) is 0. The first-order chi connectivity index (χ1) is 11.7. The van der Waals surface area contributed by atoms with Crippen LogP contribution in [0, 0.1) is 0 Å². The van der Waals surface area contributed by atoms with Gasteiger partial charge in [0.1, 0.15) is 11.5 Å². The molecule has 2 aromatic rings. The molecule has 0 unspecified atom stereocenters. The maximum absolute atomic E-state index is 12.0. The van der Waals surface area contributed by atoms with E-state index in [1.165, 1.54) is 56.2 Å². The molecule has 3 nitrogen and oxygen atoms in total. The average molecular weight is 326 g/mol. The molecule has 0 aromatic heterocycles. The molecule has 0 aliphatic heterocycles. The molecule has 0 aliphatic carbocycles. The molecule has 0 heterocycles. The molecular weight excluding hydrogens is 300 g/mol. The SMILES string of the molecule is CCCCCCCCc1ccc(OC(=O)c2ccc(O)cc2)cc1. The third-order valence-corrected chi connectivity index (χ3v) is 4.06. The molecule has 0 radical (unpaired) electrons. The van der Waals surface area contributed by atoms with Gasteiger partial charge in [-0.25, -0.2) is 4.79 Å². The van der Waals surface area contributed by atoms with Gasteiger partial charge in [0.2, 0.25) is 0 Å². The number of phenols is 1. The van der Waals surface area contributed by atoms with Crippen LogP contribution in [0.5, 0.6) is 11.5 Å². The van der Waals surface area contributed by atoms with Gasteiger partial charge in [0.15, 0.2) is 0 Å². The van der Waals surface area contributed by atoms with Crippen molar-refractivity contribution in [3.05, 3.63) is 59.7 Å². The number of ether oxygens (including phenoxy) is 1. The van der Waals surface area contributed by atoms with Crippen LogP contribution in [0.1, 0.15) is 61.4 Å². The van der Waals surface area contributed by atoms with E-state index in [0.717, 1.165) is 6.42 Å². The summed E-state index contributed by atoms with van der Waals surface area (Å²) < 4.78 is 5.34. The number of hydrogen-bond acceptors (Lipinski definition) is 3. The average Bonchev–Trinajstić information content (AvgIpc) is 2.60. The van der Waals surface area contributed by atoms with Crippen LogP contribution < -0.4 is 4.74 Å². The second-order valence-electron chi connectivity index (χ2n) is 6.10. The van der Waals surface area contributed by atoms with Crippen molar-refractivity contribution in [3.63, 3.8) is 0 Å². The molecule has 1 N–H and O–H groups in total. The van der Waals surface area contributed by atoms with E-state index < -0.39 is 5.97 Å². The largest absolute Gasteiger partial charge is 0.508 e. The van der Waals surface area contributed by atoms with Crippen LogP contribution in [0.3, 0.4) is 0 Å². The number of carbonyl (C=O) groups excluding carboxylic acids is 1. The maximum Gasteiger partial charge on any atom is 0.343 e. The normalized spacial score (nSPS) is 10.5. The summed E-state index contributed by atoms with van der Waals surface area (Å²) in [6.45, 7) is 2.23. The van der Waals surface area contributed by atoms with E-state index in [1.807, 2.05) is 24.3 Å². The molecule has 0 saturated carbocycles. The lowest BCUT2D eigenvalue weighted by atomic mass is 10.0. The van der Waals surface area contributed by atoms with Gasteiger partial charge in [-0.3, -0.25) is 0 Å². The number of aromatic hydroxyl groups is 1. The van der Waals surface area contributed by atoms with Gasteiger partial charge in [-0.1, -0.05) is 51.2 Å². The maximum atomic E-state index is 12.0. The van der Waals surface area contributed by atoms with Crippen molar-refractivity contribution in [2.24, 2.45) is 0 Å². The van der Waals surface area contributed by atoms with E-state index in [4.69, 9.17) is 4.74 Å². The van der Waals surface area contributed by atoms with Gasteiger partial charge >= 0.3 is 5.97 Å². The Morgan fingerprint density at radius 3 is 2.17 bits per heavy atom. The van der Waals surface area contributed by atoms with E-state index in [2.05, 4.69) is 6.92 Å². The molecule has 3 heteroatoms. The Morgan fingerprint density at radius 1 is 0.875 bits per heavy atom. The van der Waals surface area contributed by atoms with Crippen molar-refractivity contribution in [2.45, 2.75) is 51.9 Å². The molecule has 24 heavy (non-hydrogen) atoms. The van der Waals surface area contributed by atoms with E-state index in [-0.39, 0.29) is 5.75 Å². The molecule has 128 valence electrons. The number of benzene rings is 2. The number of hydrogen-bond donors (Lipinski definition) is 1. The van der Waals surface area contributed by atoms with Crippen molar-refractivity contribution in [2.75, 3.05) is 0 Å². The van der Waals surface area contributed by atoms with Crippen LogP contribution in [0.25, 0.3) is 0 Å². The van der Waals surface area contributed by atoms with Gasteiger partial charge in [0, 0.05) is 0 Å². The molecule has 0 amide bonds. The monoisotopic (exact) mass is 326 g/mol. The van der Waals surface area contributed by atoms with Crippen LogP contribution in [0.15, 0.2) is 48.5 Å². The molecule has 0 spiro atoms. The molecule has 0 saturated heterocycles. The number of esters is 1. The highest BCUT2D eigenvalue weighted by Crippen LogP contribution is 2.17. The summed E-state index contributed by atoms with van der Waals surface area (Å²) in [5, 5.41) is 9.24. The summed E-state index contributed by atoms with van der Waals surface area (Å²) >= 11 is 0. The van der Waals surface area contributed by atoms with Crippen molar-refractivity contribution in [1.29, 1.82) is 0 Å². The Kier molecular flexibility index (Phi) is 7.34. The molecule has 2 rings (SSSR count). The van der Waals surface area contributed by atoms with Gasteiger partial charge in [-0.2, -0.15) is 0 Å². The predicted octanol–water partition coefficient (Wildman–Crippen LogP) is 5.51. The van der Waals surface area contributed by atoms with Crippen molar-refractivity contribution in [1.82, 2.24) is 0 Å².